The Morgan fingerprint density at radius 2 is 0.540 bits per heavy atom. The van der Waals surface area contributed by atoms with E-state index < -0.39 is 0 Å². The van der Waals surface area contributed by atoms with Gasteiger partial charge in [-0.15, -0.1) is 0 Å². The second kappa shape index (κ2) is 18.2. The molecular formula is C81H50N6. The monoisotopic (exact) mass is 1110 g/mol. The van der Waals surface area contributed by atoms with Crippen LogP contribution in [0.15, 0.2) is 285 Å². The van der Waals surface area contributed by atoms with E-state index in [0.717, 1.165) is 117 Å². The van der Waals surface area contributed by atoms with E-state index in [1.165, 1.54) is 64.6 Å². The van der Waals surface area contributed by atoms with Crippen molar-refractivity contribution in [1.82, 2.24) is 28.2 Å². The molecule has 0 fully saturated rings. The van der Waals surface area contributed by atoms with Crippen molar-refractivity contribution in [2.75, 3.05) is 0 Å². The van der Waals surface area contributed by atoms with E-state index in [0.29, 0.717) is 0 Å². The minimum Gasteiger partial charge on any atom is -0.305 e. The fourth-order valence-electron chi connectivity index (χ4n) is 15.0. The van der Waals surface area contributed by atoms with Gasteiger partial charge in [0.1, 0.15) is 11.4 Å². The number of aromatic nitrogens is 6. The molecule has 6 aromatic heterocycles. The third kappa shape index (κ3) is 6.69. The summed E-state index contributed by atoms with van der Waals surface area (Å²) in [6, 6.07) is 105. The minimum absolute atomic E-state index is 0.783. The first-order chi connectivity index (χ1) is 43.1. The Kier molecular flexibility index (Phi) is 10.0. The zero-order valence-electron chi connectivity index (χ0n) is 47.3. The molecule has 0 unspecified atom stereocenters. The lowest BCUT2D eigenvalue weighted by Gasteiger charge is -2.27. The van der Waals surface area contributed by atoms with Crippen LogP contribution in [0.1, 0.15) is 5.69 Å². The summed E-state index contributed by atoms with van der Waals surface area (Å²) in [4.78, 5) is 12.1. The molecule has 6 nitrogen and oxygen atoms in total. The van der Waals surface area contributed by atoms with Crippen LogP contribution in [0, 0.1) is 6.92 Å². The number of aryl methyl sites for hydroxylation is 1. The Morgan fingerprint density at radius 3 is 0.920 bits per heavy atom. The van der Waals surface area contributed by atoms with Crippen molar-refractivity contribution in [3.63, 3.8) is 0 Å². The van der Waals surface area contributed by atoms with Crippen LogP contribution in [0.5, 0.6) is 0 Å². The zero-order valence-corrected chi connectivity index (χ0v) is 47.3. The van der Waals surface area contributed by atoms with E-state index in [9.17, 15) is 0 Å². The van der Waals surface area contributed by atoms with E-state index in [-0.39, 0.29) is 0 Å². The van der Waals surface area contributed by atoms with E-state index in [1.807, 2.05) is 0 Å². The fraction of sp³-hybridized carbons (Fsp3) is 0.0123. The molecule has 0 saturated carbocycles. The van der Waals surface area contributed by atoms with E-state index in [2.05, 4.69) is 310 Å². The lowest BCUT2D eigenvalue weighted by atomic mass is 9.93. The molecule has 19 aromatic rings. The van der Waals surface area contributed by atoms with Crippen molar-refractivity contribution in [3.05, 3.63) is 291 Å². The van der Waals surface area contributed by atoms with Crippen molar-refractivity contribution in [3.8, 4) is 45.4 Å². The maximum atomic E-state index is 6.65. The predicted molar refractivity (Wildman–Crippen MR) is 365 cm³/mol. The van der Waals surface area contributed by atoms with E-state index >= 15 is 0 Å². The van der Waals surface area contributed by atoms with Gasteiger partial charge in [-0.3, -0.25) is 14.1 Å². The third-order valence-corrected chi connectivity index (χ3v) is 18.6. The molecule has 0 aliphatic heterocycles. The number of hydrogen-bond acceptors (Lipinski definition) is 2. The first kappa shape index (κ1) is 47.8. The number of rotatable bonds is 6. The van der Waals surface area contributed by atoms with Gasteiger partial charge >= 0.3 is 0 Å². The molecular weight excluding hydrogens is 1060 g/mol. The first-order valence-corrected chi connectivity index (χ1v) is 29.9. The summed E-state index contributed by atoms with van der Waals surface area (Å²) in [5.74, 6) is 1.57. The molecule has 0 aliphatic carbocycles. The second-order valence-electron chi connectivity index (χ2n) is 23.2. The van der Waals surface area contributed by atoms with Gasteiger partial charge in [0.25, 0.3) is 0 Å². The lowest BCUT2D eigenvalue weighted by molar-refractivity contribution is 0.961. The van der Waals surface area contributed by atoms with E-state index in [4.69, 9.17) is 9.97 Å². The molecule has 0 amide bonds. The molecule has 404 valence electrons. The fourth-order valence-corrected chi connectivity index (χ4v) is 15.0. The highest BCUT2D eigenvalue weighted by Gasteiger charge is 2.34. The van der Waals surface area contributed by atoms with Crippen molar-refractivity contribution in [2.24, 2.45) is 0 Å². The average Bonchev–Trinajstić information content (AvgIpc) is 1.68. The van der Waals surface area contributed by atoms with Crippen molar-refractivity contribution < 1.29 is 0 Å². The van der Waals surface area contributed by atoms with Crippen molar-refractivity contribution in [1.29, 1.82) is 0 Å². The Bertz CT molecular complexity index is 5840. The molecule has 13 aromatic carbocycles. The summed E-state index contributed by atoms with van der Waals surface area (Å²) in [5.41, 5.74) is 15.2. The molecule has 19 rings (SSSR count). The molecule has 0 N–H and O–H groups in total. The summed E-state index contributed by atoms with van der Waals surface area (Å²) in [5, 5.41) is 18.9. The quantitative estimate of drug-likeness (QED) is 0.167. The van der Waals surface area contributed by atoms with Gasteiger partial charge in [-0.25, -0.2) is 4.98 Å². The highest BCUT2D eigenvalue weighted by atomic mass is 15.2. The molecule has 87 heavy (non-hydrogen) atoms. The van der Waals surface area contributed by atoms with E-state index in [1.54, 1.807) is 0 Å². The van der Waals surface area contributed by atoms with Crippen LogP contribution >= 0.6 is 0 Å². The first-order valence-electron chi connectivity index (χ1n) is 29.9. The number of fused-ring (bicyclic) bond motifs is 20. The molecule has 0 bridgehead atoms. The SMILES string of the molecule is Cc1cccc(-c2ccccc2-c2c(-n3c4ccccc4c4c5ccccc5ccc43)c(-n3c4ccccc4c4c5ccccc5ccc43)nc(-n3c4ccccc4c4c5ccccc5ccc43)c2-n2c3ccccc3c3c4ccccc4ccc32)n1. The van der Waals surface area contributed by atoms with Gasteiger partial charge in [0.2, 0.25) is 0 Å². The third-order valence-electron chi connectivity index (χ3n) is 18.6. The highest BCUT2D eigenvalue weighted by molar-refractivity contribution is 6.26. The number of benzene rings is 13. The van der Waals surface area contributed by atoms with Gasteiger partial charge in [0, 0.05) is 59.9 Å². The number of pyridine rings is 2. The standard InChI is InChI=1S/C81H50N6/c1-49-21-20-36-64(82-49)58-30-10-11-31-59(58)77-78(84-65-37-16-12-32-60(65)73-54-26-6-2-22-50(54)41-45-69(73)84)80(86-67-39-18-14-34-62(67)75-56-28-8-4-24-52(56)43-47-71(75)86)83-81(87-68-40-19-15-35-63(68)76-57-29-9-5-25-53(57)44-48-72(76)87)79(77)85-66-38-17-13-33-61(66)74-55-27-7-3-23-51(55)42-46-70(74)85/h2-48H,1H3. The summed E-state index contributed by atoms with van der Waals surface area (Å²) in [7, 11) is 0. The largest absolute Gasteiger partial charge is 0.305 e. The van der Waals surface area contributed by atoms with Crippen molar-refractivity contribution in [2.45, 2.75) is 6.92 Å². The molecule has 0 radical (unpaired) electrons. The van der Waals surface area contributed by atoms with Crippen LogP contribution in [0.25, 0.3) is 176 Å². The molecule has 0 spiro atoms. The molecule has 0 aliphatic rings. The lowest BCUT2D eigenvalue weighted by Crippen LogP contribution is -2.16. The Balaban J connectivity index is 1.15. The Hall–Kier alpha value is -11.6. The average molecular weight is 1110 g/mol. The Labute approximate surface area is 498 Å². The molecule has 0 saturated heterocycles. The van der Waals surface area contributed by atoms with Gasteiger partial charge in [-0.1, -0.05) is 224 Å². The number of para-hydroxylation sites is 4. The van der Waals surface area contributed by atoms with Crippen molar-refractivity contribution >= 4 is 130 Å². The summed E-state index contributed by atoms with van der Waals surface area (Å²) >= 11 is 0. The maximum absolute atomic E-state index is 6.65. The normalized spacial score (nSPS) is 12.2. The van der Waals surface area contributed by atoms with Crippen LogP contribution in [0.2, 0.25) is 0 Å². The topological polar surface area (TPSA) is 45.5 Å². The number of hydrogen-bond donors (Lipinski definition) is 0. The Morgan fingerprint density at radius 1 is 0.230 bits per heavy atom. The van der Waals surface area contributed by atoms with Crippen LogP contribution in [0.4, 0.5) is 0 Å². The van der Waals surface area contributed by atoms with Gasteiger partial charge in [0.15, 0.2) is 11.6 Å². The maximum Gasteiger partial charge on any atom is 0.165 e. The van der Waals surface area contributed by atoms with Gasteiger partial charge in [-0.2, -0.15) is 0 Å². The van der Waals surface area contributed by atoms with Crippen LogP contribution in [-0.2, 0) is 0 Å². The molecule has 6 heterocycles. The van der Waals surface area contributed by atoms with Crippen LogP contribution in [-0.4, -0.2) is 28.2 Å². The minimum atomic E-state index is 0.783. The summed E-state index contributed by atoms with van der Waals surface area (Å²) < 4.78 is 10.1. The predicted octanol–water partition coefficient (Wildman–Crippen LogP) is 21.1. The van der Waals surface area contributed by atoms with Gasteiger partial charge in [-0.05, 0) is 116 Å². The van der Waals surface area contributed by atoms with Gasteiger partial charge in [0.05, 0.1) is 49.8 Å². The summed E-state index contributed by atoms with van der Waals surface area (Å²) in [6.07, 6.45) is 0. The van der Waals surface area contributed by atoms with Gasteiger partial charge < -0.3 is 9.13 Å². The summed E-state index contributed by atoms with van der Waals surface area (Å²) in [6.45, 7) is 2.09. The smallest absolute Gasteiger partial charge is 0.165 e. The number of nitrogens with zero attached hydrogens (tertiary/aromatic N) is 6. The second-order valence-corrected chi connectivity index (χ2v) is 23.2. The zero-order chi connectivity index (χ0) is 57.0. The molecule has 0 atom stereocenters. The van der Waals surface area contributed by atoms with Crippen LogP contribution < -0.4 is 0 Å². The van der Waals surface area contributed by atoms with Crippen LogP contribution in [0.3, 0.4) is 0 Å². The molecule has 6 heteroatoms. The highest BCUT2D eigenvalue weighted by Crippen LogP contribution is 2.52.